The van der Waals surface area contributed by atoms with E-state index in [1.54, 1.807) is 0 Å². The van der Waals surface area contributed by atoms with E-state index < -0.39 is 0 Å². The Morgan fingerprint density at radius 3 is 2.55 bits per heavy atom. The molecule has 4 heteroatoms. The highest BCUT2D eigenvalue weighted by molar-refractivity contribution is 7.10. The van der Waals surface area contributed by atoms with Gasteiger partial charge in [-0.2, -0.15) is 0 Å². The molecule has 2 rings (SSSR count). The summed E-state index contributed by atoms with van der Waals surface area (Å²) in [6, 6.07) is 0. The minimum Gasteiger partial charge on any atom is -0.491 e. The van der Waals surface area contributed by atoms with Gasteiger partial charge in [0.15, 0.2) is 5.01 Å². The highest BCUT2D eigenvalue weighted by Crippen LogP contribution is 2.43. The van der Waals surface area contributed by atoms with Crippen molar-refractivity contribution in [2.45, 2.75) is 79.9 Å². The monoisotopic (exact) mass is 441 g/mol. The Balaban J connectivity index is 2.01. The number of aromatic nitrogens is 1. The Hall–Kier alpha value is -1.83. The third-order valence-corrected chi connectivity index (χ3v) is 7.97. The summed E-state index contributed by atoms with van der Waals surface area (Å²) in [4.78, 5) is 4.53. The average molecular weight is 442 g/mol. The molecule has 4 atom stereocenters. The summed E-state index contributed by atoms with van der Waals surface area (Å²) in [7, 11) is 0. The maximum Gasteiger partial charge on any atom is 0.167 e. The molecule has 3 nitrogen and oxygen atoms in total. The van der Waals surface area contributed by atoms with Gasteiger partial charge >= 0.3 is 0 Å². The molecule has 1 aromatic rings. The molecule has 31 heavy (non-hydrogen) atoms. The van der Waals surface area contributed by atoms with Crippen LogP contribution in [0.5, 0.6) is 0 Å². The summed E-state index contributed by atoms with van der Waals surface area (Å²) < 4.78 is 6.30. The molecule has 0 aromatic carbocycles. The second-order valence-corrected chi connectivity index (χ2v) is 10.8. The fraction of sp³-hybridized carbons (Fsp3) is 0.593. The van der Waals surface area contributed by atoms with Crippen molar-refractivity contribution in [2.24, 2.45) is 23.2 Å². The van der Waals surface area contributed by atoms with E-state index in [1.807, 2.05) is 19.2 Å². The number of hydrogen-bond donors (Lipinski definition) is 1. The van der Waals surface area contributed by atoms with Gasteiger partial charge < -0.3 is 9.84 Å². The number of rotatable bonds is 10. The van der Waals surface area contributed by atoms with Gasteiger partial charge in [0.2, 0.25) is 0 Å². The number of ether oxygens (including phenoxy) is 1. The molecule has 0 unspecified atom stereocenters. The summed E-state index contributed by atoms with van der Waals surface area (Å²) in [6.07, 6.45) is 7.76. The van der Waals surface area contributed by atoms with E-state index in [1.165, 1.54) is 22.5 Å². The summed E-state index contributed by atoms with van der Waals surface area (Å²) in [5.74, 6) is 3.95. The van der Waals surface area contributed by atoms with E-state index in [4.69, 9.17) is 11.2 Å². The standard InChI is InChI=1S/C27H39NO2S/c1-11-25-28-23(15-31-25)22-12-13-24(20(22)7)30-18(5)14-17(4)27(9,10)21(8)19(6)26(29)16(2)3/h1,15-17,19,24,26,29H,5,8,12-14H2,2-4,6-7,9-10H3/t17-,19-,24-,26-/m0/s1. The zero-order chi connectivity index (χ0) is 23.5. The molecule has 0 spiro atoms. The predicted octanol–water partition coefficient (Wildman–Crippen LogP) is 6.85. The lowest BCUT2D eigenvalue weighted by atomic mass is 9.67. The van der Waals surface area contributed by atoms with Gasteiger partial charge in [0, 0.05) is 17.7 Å². The van der Waals surface area contributed by atoms with Crippen molar-refractivity contribution in [3.63, 3.8) is 0 Å². The number of nitrogens with zero attached hydrogens (tertiary/aromatic N) is 1. The molecule has 0 aliphatic heterocycles. The van der Waals surface area contributed by atoms with E-state index in [9.17, 15) is 5.11 Å². The second kappa shape index (κ2) is 10.2. The number of allylic oxidation sites excluding steroid dienone is 2. The third-order valence-electron chi connectivity index (χ3n) is 7.20. The first-order valence-corrected chi connectivity index (χ1v) is 12.1. The van der Waals surface area contributed by atoms with Crippen LogP contribution in [-0.2, 0) is 4.74 Å². The minimum atomic E-state index is -0.385. The predicted molar refractivity (Wildman–Crippen MR) is 133 cm³/mol. The van der Waals surface area contributed by atoms with Crippen molar-refractivity contribution in [1.29, 1.82) is 0 Å². The van der Waals surface area contributed by atoms with Gasteiger partial charge in [0.1, 0.15) is 6.10 Å². The van der Waals surface area contributed by atoms with Gasteiger partial charge in [-0.1, -0.05) is 60.3 Å². The number of thiazole rings is 1. The van der Waals surface area contributed by atoms with E-state index in [0.29, 0.717) is 0 Å². The van der Waals surface area contributed by atoms with Crippen LogP contribution in [0.3, 0.4) is 0 Å². The van der Waals surface area contributed by atoms with Gasteiger partial charge in [-0.25, -0.2) is 4.98 Å². The maximum atomic E-state index is 10.5. The molecular formula is C27H39NO2S. The largest absolute Gasteiger partial charge is 0.491 e. The number of hydrogen-bond acceptors (Lipinski definition) is 4. The van der Waals surface area contributed by atoms with E-state index in [2.05, 4.69) is 58.7 Å². The van der Waals surface area contributed by atoms with E-state index in [-0.39, 0.29) is 35.4 Å². The van der Waals surface area contributed by atoms with Crippen molar-refractivity contribution in [1.82, 2.24) is 4.98 Å². The van der Waals surface area contributed by atoms with Gasteiger partial charge in [-0.3, -0.25) is 0 Å². The SMILES string of the molecule is C#Cc1nc(C2=C(C)[C@@H](OC(=C)C[C@H](C)C(C)(C)C(=C)[C@H](C)[C@@H](O)C(C)C)CC2)cs1. The second-order valence-electron chi connectivity index (χ2n) is 9.90. The van der Waals surface area contributed by atoms with Crippen LogP contribution in [0.15, 0.2) is 35.4 Å². The lowest BCUT2D eigenvalue weighted by Crippen LogP contribution is -2.34. The minimum absolute atomic E-state index is 0.0405. The maximum absolute atomic E-state index is 10.5. The van der Waals surface area contributed by atoms with Gasteiger partial charge in [-0.05, 0) is 54.1 Å². The zero-order valence-corrected chi connectivity index (χ0v) is 21.1. The molecule has 0 saturated carbocycles. The first-order valence-electron chi connectivity index (χ1n) is 11.2. The molecule has 1 aromatic heterocycles. The molecular weight excluding hydrogens is 402 g/mol. The lowest BCUT2D eigenvalue weighted by molar-refractivity contribution is 0.0708. The Morgan fingerprint density at radius 1 is 1.35 bits per heavy atom. The molecule has 0 amide bonds. The van der Waals surface area contributed by atoms with Crippen LogP contribution in [0, 0.1) is 35.5 Å². The third kappa shape index (κ3) is 5.70. The Bertz CT molecular complexity index is 883. The summed E-state index contributed by atoms with van der Waals surface area (Å²) >= 11 is 1.51. The van der Waals surface area contributed by atoms with Crippen molar-refractivity contribution in [2.75, 3.05) is 0 Å². The molecule has 0 saturated heterocycles. The van der Waals surface area contributed by atoms with Gasteiger partial charge in [0.25, 0.3) is 0 Å². The fourth-order valence-corrected chi connectivity index (χ4v) is 5.01. The highest BCUT2D eigenvalue weighted by Gasteiger charge is 2.35. The first kappa shape index (κ1) is 25.4. The molecule has 0 fully saturated rings. The lowest BCUT2D eigenvalue weighted by Gasteiger charge is -2.39. The first-order chi connectivity index (χ1) is 14.4. The zero-order valence-electron chi connectivity index (χ0n) is 20.3. The number of aliphatic hydroxyl groups excluding tert-OH is 1. The number of terminal acetylenes is 1. The Morgan fingerprint density at radius 2 is 2.00 bits per heavy atom. The van der Waals surface area contributed by atoms with Crippen LogP contribution in [0.25, 0.3) is 5.57 Å². The van der Waals surface area contributed by atoms with Crippen LogP contribution in [0.4, 0.5) is 0 Å². The quantitative estimate of drug-likeness (QED) is 0.245. The van der Waals surface area contributed by atoms with Crippen molar-refractivity contribution in [3.05, 3.63) is 46.1 Å². The Labute approximate surface area is 193 Å². The van der Waals surface area contributed by atoms with Crippen LogP contribution in [0.1, 0.15) is 78.4 Å². The number of aliphatic hydroxyl groups is 1. The Kier molecular flexibility index (Phi) is 8.36. The highest BCUT2D eigenvalue weighted by atomic mass is 32.1. The van der Waals surface area contributed by atoms with Gasteiger partial charge in [-0.15, -0.1) is 17.8 Å². The van der Waals surface area contributed by atoms with E-state index in [0.717, 1.165) is 41.3 Å². The molecule has 1 aliphatic carbocycles. The van der Waals surface area contributed by atoms with E-state index >= 15 is 0 Å². The molecule has 0 radical (unpaired) electrons. The fourth-order valence-electron chi connectivity index (χ4n) is 4.37. The van der Waals surface area contributed by atoms with Crippen LogP contribution < -0.4 is 0 Å². The molecule has 170 valence electrons. The summed E-state index contributed by atoms with van der Waals surface area (Å²) in [6.45, 7) is 23.5. The molecule has 1 N–H and O–H groups in total. The van der Waals surface area contributed by atoms with Crippen molar-refractivity contribution in [3.8, 4) is 12.3 Å². The van der Waals surface area contributed by atoms with Crippen LogP contribution >= 0.6 is 11.3 Å². The molecule has 1 aliphatic rings. The topological polar surface area (TPSA) is 42.4 Å². The molecule has 0 bridgehead atoms. The normalized spacial score (nSPS) is 19.8. The summed E-state index contributed by atoms with van der Waals surface area (Å²) in [5.41, 5.74) is 4.39. The smallest absolute Gasteiger partial charge is 0.167 e. The summed E-state index contributed by atoms with van der Waals surface area (Å²) in [5, 5.41) is 13.3. The van der Waals surface area contributed by atoms with Crippen LogP contribution in [-0.4, -0.2) is 22.3 Å². The molecule has 1 heterocycles. The van der Waals surface area contributed by atoms with Crippen molar-refractivity contribution >= 4 is 16.9 Å². The van der Waals surface area contributed by atoms with Gasteiger partial charge in [0.05, 0.1) is 17.6 Å². The van der Waals surface area contributed by atoms with Crippen molar-refractivity contribution < 1.29 is 9.84 Å². The average Bonchev–Trinajstić information content (AvgIpc) is 3.32. The van der Waals surface area contributed by atoms with Crippen LogP contribution in [0.2, 0.25) is 0 Å².